The highest BCUT2D eigenvalue weighted by molar-refractivity contribution is 8.26. The average Bonchev–Trinajstić information content (AvgIpc) is 3.45. The van der Waals surface area contributed by atoms with Gasteiger partial charge in [0.1, 0.15) is 16.7 Å². The van der Waals surface area contributed by atoms with E-state index in [4.69, 9.17) is 22.1 Å². The molecule has 5 rings (SSSR count). The van der Waals surface area contributed by atoms with Crippen molar-refractivity contribution in [3.05, 3.63) is 107 Å². The normalized spacial score (nSPS) is 14.7. The molecule has 0 spiro atoms. The van der Waals surface area contributed by atoms with Crippen LogP contribution in [0, 0.1) is 5.92 Å². The van der Waals surface area contributed by atoms with Crippen molar-refractivity contribution >= 4 is 40.3 Å². The van der Waals surface area contributed by atoms with Gasteiger partial charge in [0, 0.05) is 23.9 Å². The Morgan fingerprint density at radius 3 is 2.32 bits per heavy atom. The van der Waals surface area contributed by atoms with Crippen LogP contribution in [0.4, 0.5) is 0 Å². The van der Waals surface area contributed by atoms with Gasteiger partial charge in [-0.05, 0) is 54.0 Å². The number of nitrogens with zero attached hydrogens (tertiary/aromatic N) is 3. The fourth-order valence-corrected chi connectivity index (χ4v) is 5.31. The van der Waals surface area contributed by atoms with Crippen LogP contribution in [0.15, 0.2) is 96.0 Å². The second-order valence-corrected chi connectivity index (χ2v) is 10.9. The first-order valence-corrected chi connectivity index (χ1v) is 13.4. The lowest BCUT2D eigenvalue weighted by Gasteiger charge is -2.16. The SMILES string of the molecule is CC(C)CN1C(=O)C(=Cc2cn(-c3ccccc3)nc2-c2ccc(OCc3ccccc3)cc2)SC1=S. The maximum Gasteiger partial charge on any atom is 0.266 e. The molecule has 1 amide bonds. The van der Waals surface area contributed by atoms with Gasteiger partial charge in [0.25, 0.3) is 5.91 Å². The predicted molar refractivity (Wildman–Crippen MR) is 154 cm³/mol. The van der Waals surface area contributed by atoms with E-state index < -0.39 is 0 Å². The van der Waals surface area contributed by atoms with Crippen molar-refractivity contribution in [3.63, 3.8) is 0 Å². The number of carbonyl (C=O) groups is 1. The molecule has 1 fully saturated rings. The lowest BCUT2D eigenvalue weighted by Crippen LogP contribution is -2.31. The lowest BCUT2D eigenvalue weighted by atomic mass is 10.1. The minimum Gasteiger partial charge on any atom is -0.489 e. The fraction of sp³-hybridized carbons (Fsp3) is 0.167. The summed E-state index contributed by atoms with van der Waals surface area (Å²) in [6.07, 6.45) is 3.86. The molecule has 0 radical (unpaired) electrons. The quantitative estimate of drug-likeness (QED) is 0.184. The largest absolute Gasteiger partial charge is 0.489 e. The van der Waals surface area contributed by atoms with Crippen LogP contribution in [0.2, 0.25) is 0 Å². The van der Waals surface area contributed by atoms with Crippen LogP contribution in [0.5, 0.6) is 5.75 Å². The van der Waals surface area contributed by atoms with Crippen LogP contribution in [0.3, 0.4) is 0 Å². The van der Waals surface area contributed by atoms with Crippen molar-refractivity contribution in [2.24, 2.45) is 5.92 Å². The molecule has 4 aromatic rings. The van der Waals surface area contributed by atoms with Crippen molar-refractivity contribution < 1.29 is 9.53 Å². The third-order valence-corrected chi connectivity index (χ3v) is 7.23. The number of thiocarbonyl (C=S) groups is 1. The van der Waals surface area contributed by atoms with Crippen LogP contribution in [0.1, 0.15) is 25.0 Å². The second-order valence-electron chi connectivity index (χ2n) is 9.20. The molecule has 0 saturated carbocycles. The summed E-state index contributed by atoms with van der Waals surface area (Å²) in [6.45, 7) is 5.28. The first-order chi connectivity index (χ1) is 18.0. The Hall–Kier alpha value is -3.68. The number of thioether (sulfide) groups is 1. The van der Waals surface area contributed by atoms with Gasteiger partial charge in [0.2, 0.25) is 0 Å². The number of rotatable bonds is 8. The van der Waals surface area contributed by atoms with Gasteiger partial charge < -0.3 is 4.74 Å². The van der Waals surface area contributed by atoms with E-state index in [1.54, 1.807) is 4.90 Å². The summed E-state index contributed by atoms with van der Waals surface area (Å²) in [7, 11) is 0. The Labute approximate surface area is 226 Å². The molecule has 1 aromatic heterocycles. The van der Waals surface area contributed by atoms with E-state index in [0.29, 0.717) is 28.3 Å². The molecular weight excluding hydrogens is 498 g/mol. The van der Waals surface area contributed by atoms with Gasteiger partial charge >= 0.3 is 0 Å². The predicted octanol–water partition coefficient (Wildman–Crippen LogP) is 6.98. The van der Waals surface area contributed by atoms with Crippen molar-refractivity contribution in [2.75, 3.05) is 6.54 Å². The first kappa shape index (κ1) is 25.0. The van der Waals surface area contributed by atoms with Gasteiger partial charge in [-0.15, -0.1) is 0 Å². The third-order valence-electron chi connectivity index (χ3n) is 5.85. The summed E-state index contributed by atoms with van der Waals surface area (Å²) in [5.74, 6) is 1.07. The Morgan fingerprint density at radius 2 is 1.65 bits per heavy atom. The Kier molecular flexibility index (Phi) is 7.53. The molecule has 1 saturated heterocycles. The van der Waals surface area contributed by atoms with E-state index >= 15 is 0 Å². The zero-order chi connectivity index (χ0) is 25.8. The maximum atomic E-state index is 13.1. The number of hydrogen-bond acceptors (Lipinski definition) is 5. The monoisotopic (exact) mass is 525 g/mol. The van der Waals surface area contributed by atoms with Gasteiger partial charge in [0.15, 0.2) is 0 Å². The molecule has 2 heterocycles. The summed E-state index contributed by atoms with van der Waals surface area (Å²) in [5.41, 5.74) is 4.63. The van der Waals surface area contributed by atoms with Crippen molar-refractivity contribution in [3.8, 4) is 22.7 Å². The van der Waals surface area contributed by atoms with Crippen LogP contribution in [-0.2, 0) is 11.4 Å². The molecule has 0 unspecified atom stereocenters. The third kappa shape index (κ3) is 5.84. The molecular formula is C30H27N3O2S2. The molecule has 1 aliphatic heterocycles. The summed E-state index contributed by atoms with van der Waals surface area (Å²) in [5, 5.41) is 4.89. The van der Waals surface area contributed by atoms with Crippen molar-refractivity contribution in [2.45, 2.75) is 20.5 Å². The van der Waals surface area contributed by atoms with Crippen LogP contribution in [-0.4, -0.2) is 31.5 Å². The number of ether oxygens (including phenoxy) is 1. The van der Waals surface area contributed by atoms with Crippen LogP contribution < -0.4 is 4.74 Å². The Bertz CT molecular complexity index is 1430. The number of aromatic nitrogens is 2. The minimum absolute atomic E-state index is 0.0493. The zero-order valence-corrected chi connectivity index (χ0v) is 22.3. The number of hydrogen-bond donors (Lipinski definition) is 0. The smallest absolute Gasteiger partial charge is 0.266 e. The topological polar surface area (TPSA) is 47.4 Å². The van der Waals surface area contributed by atoms with E-state index in [1.807, 2.05) is 102 Å². The molecule has 0 aliphatic carbocycles. The molecule has 3 aromatic carbocycles. The first-order valence-electron chi connectivity index (χ1n) is 12.2. The van der Waals surface area contributed by atoms with Gasteiger partial charge in [0.05, 0.1) is 16.3 Å². The van der Waals surface area contributed by atoms with Gasteiger partial charge in [-0.25, -0.2) is 4.68 Å². The van der Waals surface area contributed by atoms with E-state index in [0.717, 1.165) is 33.8 Å². The summed E-state index contributed by atoms with van der Waals surface area (Å²) >= 11 is 6.85. The van der Waals surface area contributed by atoms with Crippen molar-refractivity contribution in [1.82, 2.24) is 14.7 Å². The average molecular weight is 526 g/mol. The van der Waals surface area contributed by atoms with E-state index in [-0.39, 0.29) is 5.91 Å². The number of carbonyl (C=O) groups excluding carboxylic acids is 1. The van der Waals surface area contributed by atoms with Gasteiger partial charge in [-0.1, -0.05) is 86.4 Å². The fourth-order valence-electron chi connectivity index (χ4n) is 4.04. The van der Waals surface area contributed by atoms with E-state index in [9.17, 15) is 4.79 Å². The number of para-hydroxylation sites is 1. The number of benzene rings is 3. The van der Waals surface area contributed by atoms with Gasteiger partial charge in [-0.3, -0.25) is 9.69 Å². The number of amides is 1. The molecule has 0 bridgehead atoms. The molecule has 186 valence electrons. The highest BCUT2D eigenvalue weighted by atomic mass is 32.2. The van der Waals surface area contributed by atoms with E-state index in [1.165, 1.54) is 11.8 Å². The molecule has 1 aliphatic rings. The maximum absolute atomic E-state index is 13.1. The van der Waals surface area contributed by atoms with Crippen LogP contribution in [0.25, 0.3) is 23.0 Å². The summed E-state index contributed by atoms with van der Waals surface area (Å²) < 4.78 is 8.40. The second kappa shape index (κ2) is 11.2. The van der Waals surface area contributed by atoms with Crippen LogP contribution >= 0.6 is 24.0 Å². The molecule has 5 nitrogen and oxygen atoms in total. The standard InChI is InChI=1S/C30H27N3O2S2/c1-21(2)18-32-29(34)27(37-30(32)36)17-24-19-33(25-11-7-4-8-12-25)31-28(24)23-13-15-26(16-14-23)35-20-22-9-5-3-6-10-22/h3-17,19,21H,18,20H2,1-2H3. The highest BCUT2D eigenvalue weighted by Gasteiger charge is 2.32. The Balaban J connectivity index is 1.45. The molecule has 37 heavy (non-hydrogen) atoms. The van der Waals surface area contributed by atoms with Gasteiger partial charge in [-0.2, -0.15) is 5.10 Å². The van der Waals surface area contributed by atoms with E-state index in [2.05, 4.69) is 13.8 Å². The minimum atomic E-state index is -0.0493. The molecule has 0 atom stereocenters. The summed E-state index contributed by atoms with van der Waals surface area (Å²) in [6, 6.07) is 27.9. The lowest BCUT2D eigenvalue weighted by molar-refractivity contribution is -0.122. The Morgan fingerprint density at radius 1 is 0.973 bits per heavy atom. The molecule has 0 N–H and O–H groups in total. The summed E-state index contributed by atoms with van der Waals surface area (Å²) in [4.78, 5) is 15.4. The zero-order valence-electron chi connectivity index (χ0n) is 20.7. The van der Waals surface area contributed by atoms with Crippen molar-refractivity contribution in [1.29, 1.82) is 0 Å². The molecule has 7 heteroatoms. The highest BCUT2D eigenvalue weighted by Crippen LogP contribution is 2.35.